The molecule has 0 aliphatic carbocycles. The van der Waals surface area contributed by atoms with Crippen molar-refractivity contribution in [3.8, 4) is 5.69 Å². The van der Waals surface area contributed by atoms with Gasteiger partial charge in [-0.15, -0.1) is 0 Å². The third-order valence-electron chi connectivity index (χ3n) is 4.10. The predicted molar refractivity (Wildman–Crippen MR) is 96.9 cm³/mol. The fraction of sp³-hybridized carbons (Fsp3) is 0.222. The Morgan fingerprint density at radius 3 is 2.52 bits per heavy atom. The molecule has 130 valence electrons. The van der Waals surface area contributed by atoms with E-state index >= 15 is 0 Å². The van der Waals surface area contributed by atoms with Crippen molar-refractivity contribution in [3.05, 3.63) is 57.8 Å². The molecule has 1 saturated heterocycles. The minimum absolute atomic E-state index is 0.122. The van der Waals surface area contributed by atoms with Crippen LogP contribution in [0.5, 0.6) is 0 Å². The highest BCUT2D eigenvalue weighted by molar-refractivity contribution is 8.18. The van der Waals surface area contributed by atoms with Crippen LogP contribution in [-0.4, -0.2) is 34.6 Å². The van der Waals surface area contributed by atoms with E-state index in [9.17, 15) is 13.6 Å². The van der Waals surface area contributed by atoms with Crippen LogP contribution in [0.4, 0.5) is 8.78 Å². The lowest BCUT2D eigenvalue weighted by Gasteiger charge is -2.10. The lowest BCUT2D eigenvalue weighted by Crippen LogP contribution is -2.23. The number of amidine groups is 1. The number of aromatic nitrogens is 1. The summed E-state index contributed by atoms with van der Waals surface area (Å²) in [6.07, 6.45) is 1.78. The van der Waals surface area contributed by atoms with Crippen LogP contribution in [0.1, 0.15) is 17.0 Å². The average molecular weight is 361 g/mol. The van der Waals surface area contributed by atoms with E-state index in [0.29, 0.717) is 10.1 Å². The lowest BCUT2D eigenvalue weighted by atomic mass is 10.2. The van der Waals surface area contributed by atoms with Gasteiger partial charge in [-0.2, -0.15) is 0 Å². The van der Waals surface area contributed by atoms with E-state index in [1.54, 1.807) is 24.7 Å². The number of hydrogen-bond acceptors (Lipinski definition) is 3. The summed E-state index contributed by atoms with van der Waals surface area (Å²) in [4.78, 5) is 18.4. The molecule has 2 aromatic rings. The summed E-state index contributed by atoms with van der Waals surface area (Å²) in [6.45, 7) is 3.68. The van der Waals surface area contributed by atoms with Gasteiger partial charge in [-0.05, 0) is 55.4 Å². The van der Waals surface area contributed by atoms with Crippen molar-refractivity contribution in [1.29, 1.82) is 0 Å². The number of carbonyl (C=O) groups excluding carboxylic acids is 1. The summed E-state index contributed by atoms with van der Waals surface area (Å²) in [5.74, 6) is -1.37. The van der Waals surface area contributed by atoms with Crippen LogP contribution in [0, 0.1) is 25.5 Å². The first-order valence-corrected chi connectivity index (χ1v) is 8.44. The van der Waals surface area contributed by atoms with Crippen molar-refractivity contribution in [2.24, 2.45) is 4.99 Å². The van der Waals surface area contributed by atoms with Gasteiger partial charge in [-0.25, -0.2) is 8.78 Å². The summed E-state index contributed by atoms with van der Waals surface area (Å²) in [6, 6.07) is 5.37. The van der Waals surface area contributed by atoms with Crippen molar-refractivity contribution in [3.63, 3.8) is 0 Å². The van der Waals surface area contributed by atoms with Crippen molar-refractivity contribution in [1.82, 2.24) is 9.47 Å². The first kappa shape index (κ1) is 17.4. The molecule has 25 heavy (non-hydrogen) atoms. The number of rotatable bonds is 2. The maximum atomic E-state index is 14.2. The zero-order valence-corrected chi connectivity index (χ0v) is 15.1. The number of halogens is 2. The zero-order chi connectivity index (χ0) is 18.3. The van der Waals surface area contributed by atoms with E-state index in [1.807, 2.05) is 19.9 Å². The van der Waals surface area contributed by atoms with Crippen molar-refractivity contribution < 1.29 is 13.6 Å². The summed E-state index contributed by atoms with van der Waals surface area (Å²) in [5.41, 5.74) is 2.65. The Hall–Kier alpha value is -2.41. The molecule has 4 nitrogen and oxygen atoms in total. The van der Waals surface area contributed by atoms with Gasteiger partial charge in [-0.3, -0.25) is 14.7 Å². The quantitative estimate of drug-likeness (QED) is 0.761. The van der Waals surface area contributed by atoms with Crippen LogP contribution < -0.4 is 0 Å². The third kappa shape index (κ3) is 3.00. The van der Waals surface area contributed by atoms with Crippen molar-refractivity contribution in [2.45, 2.75) is 13.8 Å². The lowest BCUT2D eigenvalue weighted by molar-refractivity contribution is -0.121. The fourth-order valence-corrected chi connectivity index (χ4v) is 3.78. The Labute approximate surface area is 148 Å². The highest BCUT2D eigenvalue weighted by Gasteiger charge is 2.30. The Bertz CT molecular complexity index is 931. The van der Waals surface area contributed by atoms with E-state index in [1.165, 1.54) is 28.8 Å². The Kier molecular flexibility index (Phi) is 4.51. The largest absolute Gasteiger partial charge is 0.315 e. The van der Waals surface area contributed by atoms with E-state index in [0.717, 1.165) is 23.0 Å². The van der Waals surface area contributed by atoms with E-state index in [4.69, 9.17) is 0 Å². The first-order valence-electron chi connectivity index (χ1n) is 7.62. The SMILES string of the molecule is CN=C1S/C(=C\c2cc(C)n(-c3ccc(F)cc3F)c2C)C(=O)N1C. The van der Waals surface area contributed by atoms with Gasteiger partial charge >= 0.3 is 0 Å². The smallest absolute Gasteiger partial charge is 0.266 e. The summed E-state index contributed by atoms with van der Waals surface area (Å²) >= 11 is 1.30. The average Bonchev–Trinajstić information content (AvgIpc) is 2.99. The Morgan fingerprint density at radius 1 is 1.20 bits per heavy atom. The molecule has 1 aliphatic heterocycles. The number of hydrogen-bond donors (Lipinski definition) is 0. The molecule has 0 radical (unpaired) electrons. The van der Waals surface area contributed by atoms with Gasteiger partial charge in [0.2, 0.25) is 0 Å². The van der Waals surface area contributed by atoms with Crippen LogP contribution >= 0.6 is 11.8 Å². The van der Waals surface area contributed by atoms with Crippen LogP contribution in [0.25, 0.3) is 11.8 Å². The van der Waals surface area contributed by atoms with Gasteiger partial charge < -0.3 is 4.57 Å². The molecule has 0 saturated carbocycles. The number of aliphatic imine (C=N–C) groups is 1. The van der Waals surface area contributed by atoms with Gasteiger partial charge in [0.15, 0.2) is 5.17 Å². The summed E-state index contributed by atoms with van der Waals surface area (Å²) in [7, 11) is 3.31. The predicted octanol–water partition coefficient (Wildman–Crippen LogP) is 3.90. The van der Waals surface area contributed by atoms with Crippen molar-refractivity contribution in [2.75, 3.05) is 14.1 Å². The van der Waals surface area contributed by atoms with E-state index < -0.39 is 11.6 Å². The van der Waals surface area contributed by atoms with Gasteiger partial charge in [0.1, 0.15) is 11.6 Å². The number of likely N-dealkylation sites (N-methyl/N-ethyl adjacent to an activating group) is 1. The topological polar surface area (TPSA) is 37.6 Å². The molecule has 1 aliphatic rings. The molecule has 1 amide bonds. The highest BCUT2D eigenvalue weighted by Crippen LogP contribution is 2.33. The van der Waals surface area contributed by atoms with Crippen LogP contribution in [0.3, 0.4) is 0 Å². The molecule has 3 rings (SSSR count). The second-order valence-electron chi connectivity index (χ2n) is 5.74. The number of aryl methyl sites for hydroxylation is 1. The second-order valence-corrected chi connectivity index (χ2v) is 6.75. The molecule has 2 heterocycles. The maximum absolute atomic E-state index is 14.2. The van der Waals surface area contributed by atoms with Crippen LogP contribution in [0.15, 0.2) is 34.2 Å². The van der Waals surface area contributed by atoms with E-state index in [-0.39, 0.29) is 11.6 Å². The minimum atomic E-state index is -0.632. The molecular weight excluding hydrogens is 344 g/mol. The monoisotopic (exact) mass is 361 g/mol. The molecule has 0 unspecified atom stereocenters. The first-order chi connectivity index (χ1) is 11.8. The standard InChI is InChI=1S/C18H17F2N3OS/c1-10-7-12(8-16-17(24)22(4)18(21-3)25-16)11(2)23(10)15-6-5-13(19)9-14(15)20/h5-9H,1-4H3/b16-8-,21-18?. The number of carbonyl (C=O) groups is 1. The van der Waals surface area contributed by atoms with Crippen molar-refractivity contribution >= 4 is 28.9 Å². The summed E-state index contributed by atoms with van der Waals surface area (Å²) in [5, 5.41) is 0.634. The van der Waals surface area contributed by atoms with Gasteiger partial charge in [0, 0.05) is 31.5 Å². The van der Waals surface area contributed by atoms with Crippen LogP contribution in [0.2, 0.25) is 0 Å². The number of benzene rings is 1. The molecule has 1 aromatic carbocycles. The Balaban J connectivity index is 2.07. The molecule has 7 heteroatoms. The molecule has 1 fully saturated rings. The van der Waals surface area contributed by atoms with Crippen LogP contribution in [-0.2, 0) is 4.79 Å². The minimum Gasteiger partial charge on any atom is -0.315 e. The van der Waals surface area contributed by atoms with Gasteiger partial charge in [-0.1, -0.05) is 0 Å². The molecule has 0 bridgehead atoms. The number of amides is 1. The van der Waals surface area contributed by atoms with E-state index in [2.05, 4.69) is 4.99 Å². The molecule has 0 spiro atoms. The number of nitrogens with zero attached hydrogens (tertiary/aromatic N) is 3. The molecule has 0 atom stereocenters. The second kappa shape index (κ2) is 6.48. The van der Waals surface area contributed by atoms with Gasteiger partial charge in [0.05, 0.1) is 10.6 Å². The highest BCUT2D eigenvalue weighted by atomic mass is 32.2. The zero-order valence-electron chi connectivity index (χ0n) is 14.3. The number of thioether (sulfide) groups is 1. The Morgan fingerprint density at radius 2 is 1.92 bits per heavy atom. The third-order valence-corrected chi connectivity index (χ3v) is 5.25. The van der Waals surface area contributed by atoms with Gasteiger partial charge in [0.25, 0.3) is 5.91 Å². The molecular formula is C18H17F2N3OS. The fourth-order valence-electron chi connectivity index (χ4n) is 2.86. The normalized spacial score (nSPS) is 18.0. The molecule has 0 N–H and O–H groups in total. The summed E-state index contributed by atoms with van der Waals surface area (Å²) < 4.78 is 29.1. The maximum Gasteiger partial charge on any atom is 0.266 e. The molecule has 1 aromatic heterocycles.